The Morgan fingerprint density at radius 3 is 2.56 bits per heavy atom. The van der Waals surface area contributed by atoms with Gasteiger partial charge in [0.25, 0.3) is 5.91 Å². The van der Waals surface area contributed by atoms with Crippen molar-refractivity contribution < 1.29 is 14.6 Å². The largest absolute Gasteiger partial charge is 0.489 e. The molecule has 39 heavy (non-hydrogen) atoms. The molecule has 0 saturated carbocycles. The molecule has 0 radical (unpaired) electrons. The van der Waals surface area contributed by atoms with Crippen LogP contribution in [-0.2, 0) is 19.6 Å². The number of aliphatic hydroxyl groups is 1. The lowest BCUT2D eigenvalue weighted by molar-refractivity contribution is 0.0662. The number of carbonyl (C=O) groups excluding carboxylic acids is 1. The van der Waals surface area contributed by atoms with Crippen LogP contribution in [-0.4, -0.2) is 50.4 Å². The number of β-amino-alcohol motifs (C(OH)–C–C–N with tert-alkyl or cyclic N) is 1. The molecule has 1 N–H and O–H groups in total. The van der Waals surface area contributed by atoms with E-state index in [2.05, 4.69) is 55.2 Å². The molecule has 0 unspecified atom stereocenters. The fourth-order valence-electron chi connectivity index (χ4n) is 5.35. The second-order valence-corrected chi connectivity index (χ2v) is 10.3. The van der Waals surface area contributed by atoms with Gasteiger partial charge in [-0.25, -0.2) is 0 Å². The average Bonchev–Trinajstić information content (AvgIpc) is 3.59. The molecule has 2 aromatic heterocycles. The van der Waals surface area contributed by atoms with Gasteiger partial charge in [-0.3, -0.25) is 14.5 Å². The number of hydrogen-bond acceptors (Lipinski definition) is 5. The molecular weight excluding hydrogens is 488 g/mol. The highest BCUT2D eigenvalue weighted by Crippen LogP contribution is 2.40. The van der Waals surface area contributed by atoms with Crippen LogP contribution in [0.3, 0.4) is 0 Å². The van der Waals surface area contributed by atoms with Gasteiger partial charge in [-0.05, 0) is 40.8 Å². The molecule has 7 heteroatoms. The maximum Gasteiger partial charge on any atom is 0.272 e. The fourth-order valence-corrected chi connectivity index (χ4v) is 5.35. The molecule has 2 aromatic carbocycles. The third-order valence-corrected chi connectivity index (χ3v) is 7.51. The van der Waals surface area contributed by atoms with Gasteiger partial charge in [-0.15, -0.1) is 0 Å². The molecule has 1 amide bonds. The standard InChI is InChI=1S/C32H32N4O3/c1-21(2)23-8-6-22(7-9-23)20-39-25-12-10-24(11-13-25)29-30(27-14-15-33-28-5-3-4-26(27)28)34-36-17-16-35(18-19-37)32(38)31(29)36/h3-4,6-15,21,37H,5,16-20H2,1-2H3. The van der Waals surface area contributed by atoms with Gasteiger partial charge < -0.3 is 14.7 Å². The molecule has 2 aliphatic rings. The van der Waals surface area contributed by atoms with Crippen molar-refractivity contribution in [1.29, 1.82) is 0 Å². The van der Waals surface area contributed by atoms with Gasteiger partial charge in [0.05, 0.1) is 18.8 Å². The Labute approximate surface area is 228 Å². The summed E-state index contributed by atoms with van der Waals surface area (Å²) in [7, 11) is 0. The molecule has 7 nitrogen and oxygen atoms in total. The molecule has 0 atom stereocenters. The predicted octanol–water partition coefficient (Wildman–Crippen LogP) is 5.33. The summed E-state index contributed by atoms with van der Waals surface area (Å²) in [4.78, 5) is 19.8. The predicted molar refractivity (Wildman–Crippen MR) is 151 cm³/mol. The first-order valence-corrected chi connectivity index (χ1v) is 13.5. The second kappa shape index (κ2) is 10.5. The van der Waals surface area contributed by atoms with Crippen molar-refractivity contribution in [3.8, 4) is 28.1 Å². The number of carbonyl (C=O) groups is 1. The first-order chi connectivity index (χ1) is 19.0. The van der Waals surface area contributed by atoms with Crippen molar-refractivity contribution in [2.24, 2.45) is 0 Å². The lowest BCUT2D eigenvalue weighted by Gasteiger charge is -2.27. The Morgan fingerprint density at radius 1 is 1.03 bits per heavy atom. The van der Waals surface area contributed by atoms with E-state index in [4.69, 9.17) is 9.84 Å². The molecule has 3 heterocycles. The number of aromatic nitrogens is 3. The Morgan fingerprint density at radius 2 is 1.82 bits per heavy atom. The third kappa shape index (κ3) is 4.74. The highest BCUT2D eigenvalue weighted by molar-refractivity contribution is 6.04. The first kappa shape index (κ1) is 25.1. The van der Waals surface area contributed by atoms with Gasteiger partial charge in [0.1, 0.15) is 23.7 Å². The summed E-state index contributed by atoms with van der Waals surface area (Å²) < 4.78 is 7.90. The molecule has 4 aromatic rings. The van der Waals surface area contributed by atoms with Gasteiger partial charge >= 0.3 is 0 Å². The van der Waals surface area contributed by atoms with Gasteiger partial charge in [0.2, 0.25) is 0 Å². The molecule has 1 aliphatic carbocycles. The monoisotopic (exact) mass is 520 g/mol. The minimum absolute atomic E-state index is 0.0725. The number of allylic oxidation sites excluding steroid dienone is 1. The number of rotatable bonds is 8. The smallest absolute Gasteiger partial charge is 0.272 e. The number of fused-ring (bicyclic) bond motifs is 2. The Bertz CT molecular complexity index is 1540. The maximum absolute atomic E-state index is 13.6. The molecule has 198 valence electrons. The lowest BCUT2D eigenvalue weighted by atomic mass is 9.95. The van der Waals surface area contributed by atoms with Crippen molar-refractivity contribution in [1.82, 2.24) is 19.7 Å². The van der Waals surface area contributed by atoms with E-state index in [1.807, 2.05) is 41.2 Å². The van der Waals surface area contributed by atoms with Crippen LogP contribution in [0.2, 0.25) is 0 Å². The van der Waals surface area contributed by atoms with E-state index >= 15 is 0 Å². The van der Waals surface area contributed by atoms with E-state index < -0.39 is 0 Å². The number of hydrogen-bond donors (Lipinski definition) is 1. The second-order valence-electron chi connectivity index (χ2n) is 10.3. The number of benzene rings is 2. The Balaban J connectivity index is 1.35. The molecule has 1 aliphatic heterocycles. The van der Waals surface area contributed by atoms with Crippen molar-refractivity contribution >= 4 is 12.0 Å². The highest BCUT2D eigenvalue weighted by atomic mass is 16.5. The van der Waals surface area contributed by atoms with E-state index in [-0.39, 0.29) is 12.5 Å². The molecule has 0 bridgehead atoms. The number of ether oxygens (including phenoxy) is 1. The molecule has 0 fully saturated rings. The van der Waals surface area contributed by atoms with Crippen LogP contribution >= 0.6 is 0 Å². The summed E-state index contributed by atoms with van der Waals surface area (Å²) in [5.74, 6) is 1.14. The Kier molecular flexibility index (Phi) is 6.75. The normalized spacial score (nSPS) is 14.2. The van der Waals surface area contributed by atoms with Crippen molar-refractivity contribution in [2.75, 3.05) is 19.7 Å². The van der Waals surface area contributed by atoms with Crippen molar-refractivity contribution in [3.63, 3.8) is 0 Å². The summed E-state index contributed by atoms with van der Waals surface area (Å²) in [6.07, 6.45) is 6.80. The summed E-state index contributed by atoms with van der Waals surface area (Å²) >= 11 is 0. The maximum atomic E-state index is 13.6. The van der Waals surface area contributed by atoms with Gasteiger partial charge in [-0.2, -0.15) is 5.10 Å². The number of aliphatic hydroxyl groups excluding tert-OH is 1. The van der Waals surface area contributed by atoms with Crippen LogP contribution in [0.1, 0.15) is 52.6 Å². The van der Waals surface area contributed by atoms with Crippen molar-refractivity contribution in [3.05, 3.63) is 94.9 Å². The Hall–Kier alpha value is -4.23. The number of pyridine rings is 1. The van der Waals surface area contributed by atoms with Crippen LogP contribution in [0.5, 0.6) is 5.75 Å². The van der Waals surface area contributed by atoms with E-state index in [1.165, 1.54) is 5.56 Å². The minimum atomic E-state index is -0.115. The van der Waals surface area contributed by atoms with E-state index in [0.717, 1.165) is 51.4 Å². The van der Waals surface area contributed by atoms with Crippen LogP contribution < -0.4 is 4.74 Å². The van der Waals surface area contributed by atoms with Gasteiger partial charge in [0, 0.05) is 42.4 Å². The van der Waals surface area contributed by atoms with E-state index in [0.29, 0.717) is 37.9 Å². The van der Waals surface area contributed by atoms with Crippen molar-refractivity contribution in [2.45, 2.75) is 39.3 Å². The van der Waals surface area contributed by atoms with Crippen LogP contribution in [0.4, 0.5) is 0 Å². The molecule has 6 rings (SSSR count). The number of amides is 1. The highest BCUT2D eigenvalue weighted by Gasteiger charge is 2.33. The topological polar surface area (TPSA) is 80.5 Å². The average molecular weight is 521 g/mol. The van der Waals surface area contributed by atoms with E-state index in [1.54, 1.807) is 4.90 Å². The lowest BCUT2D eigenvalue weighted by Crippen LogP contribution is -2.42. The molecule has 0 spiro atoms. The quantitative estimate of drug-likeness (QED) is 0.340. The molecule has 0 saturated heterocycles. The fraction of sp³-hybridized carbons (Fsp3) is 0.281. The van der Waals surface area contributed by atoms with Crippen LogP contribution in [0, 0.1) is 0 Å². The SMILES string of the molecule is CC(C)c1ccc(COc2ccc(-c3c(-c4ccnc5c4C=CC5)nn4c3C(=O)N(CCO)CC4)cc2)cc1. The van der Waals surface area contributed by atoms with Crippen LogP contribution in [0.15, 0.2) is 66.9 Å². The van der Waals surface area contributed by atoms with E-state index in [9.17, 15) is 9.90 Å². The molecular formula is C32H32N4O3. The summed E-state index contributed by atoms with van der Waals surface area (Å²) in [5, 5.41) is 14.5. The number of nitrogens with zero attached hydrogens (tertiary/aromatic N) is 4. The summed E-state index contributed by atoms with van der Waals surface area (Å²) in [6, 6.07) is 18.4. The first-order valence-electron chi connectivity index (χ1n) is 13.5. The third-order valence-electron chi connectivity index (χ3n) is 7.51. The van der Waals surface area contributed by atoms with Gasteiger partial charge in [-0.1, -0.05) is 62.4 Å². The minimum Gasteiger partial charge on any atom is -0.489 e. The zero-order chi connectivity index (χ0) is 26.9. The summed E-state index contributed by atoms with van der Waals surface area (Å²) in [6.45, 7) is 6.18. The zero-order valence-electron chi connectivity index (χ0n) is 22.3. The summed E-state index contributed by atoms with van der Waals surface area (Å²) in [5.41, 5.74) is 8.48. The van der Waals surface area contributed by atoms with Crippen LogP contribution in [0.25, 0.3) is 28.5 Å². The van der Waals surface area contributed by atoms with Gasteiger partial charge in [0.15, 0.2) is 0 Å². The zero-order valence-corrected chi connectivity index (χ0v) is 22.3.